The van der Waals surface area contributed by atoms with Crippen LogP contribution in [0.4, 0.5) is 0 Å². The Morgan fingerprint density at radius 2 is 0.857 bits per heavy atom. The highest BCUT2D eigenvalue weighted by Gasteiger charge is 1.97. The number of rotatable bonds is 23. The maximum atomic E-state index is 10.4. The summed E-state index contributed by atoms with van der Waals surface area (Å²) in [6.45, 7) is 2.28. The minimum absolute atomic E-state index is 0.341. The lowest BCUT2D eigenvalue weighted by Gasteiger charge is -2.02. The summed E-state index contributed by atoms with van der Waals surface area (Å²) in [7, 11) is 0. The van der Waals surface area contributed by atoms with Crippen molar-refractivity contribution in [2.24, 2.45) is 0 Å². The first-order valence-corrected chi connectivity index (χ1v) is 12.6. The monoisotopic (exact) mass is 394 g/mol. The van der Waals surface area contributed by atoms with Crippen LogP contribution in [0.1, 0.15) is 148 Å². The Kier molecular flexibility index (Phi) is 23.6. The molecule has 0 aromatic heterocycles. The number of unbranched alkanes of at least 4 members (excludes halogenated alkanes) is 19. The van der Waals surface area contributed by atoms with Crippen LogP contribution in [-0.4, -0.2) is 11.1 Å². The first-order chi connectivity index (χ1) is 13.8. The number of allylic oxidation sites excluding steroid dienone is 2. The van der Waals surface area contributed by atoms with Gasteiger partial charge in [0.2, 0.25) is 0 Å². The molecule has 1 N–H and O–H groups in total. The van der Waals surface area contributed by atoms with Crippen LogP contribution in [-0.2, 0) is 4.79 Å². The number of carbonyl (C=O) groups is 1. The highest BCUT2D eigenvalue weighted by Crippen LogP contribution is 2.13. The van der Waals surface area contributed by atoms with Gasteiger partial charge in [0.1, 0.15) is 0 Å². The van der Waals surface area contributed by atoms with Gasteiger partial charge in [-0.1, -0.05) is 122 Å². The zero-order valence-electron chi connectivity index (χ0n) is 19.1. The van der Waals surface area contributed by atoms with Gasteiger partial charge in [0.25, 0.3) is 0 Å². The van der Waals surface area contributed by atoms with Crippen molar-refractivity contribution in [1.82, 2.24) is 0 Å². The molecule has 0 aromatic rings. The zero-order valence-corrected chi connectivity index (χ0v) is 19.1. The second-order valence-corrected chi connectivity index (χ2v) is 8.56. The number of aliphatic carboxylic acids is 1. The van der Waals surface area contributed by atoms with Crippen molar-refractivity contribution < 1.29 is 9.90 Å². The summed E-state index contributed by atoms with van der Waals surface area (Å²) in [4.78, 5) is 10.4. The molecule has 0 radical (unpaired) electrons. The molecule has 0 aliphatic rings. The summed E-state index contributed by atoms with van der Waals surface area (Å²) in [5.41, 5.74) is 0. The van der Waals surface area contributed by atoms with E-state index in [1.54, 1.807) is 0 Å². The highest BCUT2D eigenvalue weighted by atomic mass is 16.4. The third-order valence-corrected chi connectivity index (χ3v) is 5.65. The van der Waals surface area contributed by atoms with Crippen LogP contribution in [0, 0.1) is 0 Å². The molecular formula is C26H50O2. The molecule has 28 heavy (non-hydrogen) atoms. The van der Waals surface area contributed by atoms with Crippen LogP contribution >= 0.6 is 0 Å². The predicted octanol–water partition coefficient (Wildman–Crippen LogP) is 9.23. The van der Waals surface area contributed by atoms with Crippen molar-refractivity contribution in [1.29, 1.82) is 0 Å². The third-order valence-electron chi connectivity index (χ3n) is 5.65. The fourth-order valence-electron chi connectivity index (χ4n) is 3.76. The van der Waals surface area contributed by atoms with Gasteiger partial charge >= 0.3 is 5.97 Å². The van der Waals surface area contributed by atoms with Gasteiger partial charge in [0.05, 0.1) is 0 Å². The van der Waals surface area contributed by atoms with Crippen LogP contribution in [0.2, 0.25) is 0 Å². The standard InChI is InChI=1S/C26H50O2/c1-2-3-4-5-6-7-8-9-10-11-12-13-14-15-16-17-18-19-20-21-22-23-24-25-26(27)28/h12-13H,2-11,14-25H2,1H3,(H,27,28). The van der Waals surface area contributed by atoms with Gasteiger partial charge in [-0.3, -0.25) is 4.79 Å². The predicted molar refractivity (Wildman–Crippen MR) is 124 cm³/mol. The van der Waals surface area contributed by atoms with Crippen molar-refractivity contribution >= 4 is 5.97 Å². The van der Waals surface area contributed by atoms with Gasteiger partial charge in [-0.05, 0) is 32.1 Å². The van der Waals surface area contributed by atoms with Gasteiger partial charge in [-0.25, -0.2) is 0 Å². The lowest BCUT2D eigenvalue weighted by Crippen LogP contribution is -1.93. The molecule has 0 bridgehead atoms. The second-order valence-electron chi connectivity index (χ2n) is 8.56. The summed E-state index contributed by atoms with van der Waals surface area (Å²) in [6.07, 6.45) is 33.0. The van der Waals surface area contributed by atoms with Crippen molar-refractivity contribution in [3.63, 3.8) is 0 Å². The van der Waals surface area contributed by atoms with Gasteiger partial charge in [0, 0.05) is 6.42 Å². The average Bonchev–Trinajstić information content (AvgIpc) is 2.68. The van der Waals surface area contributed by atoms with Crippen LogP contribution in [0.5, 0.6) is 0 Å². The van der Waals surface area contributed by atoms with Crippen LogP contribution in [0.15, 0.2) is 12.2 Å². The van der Waals surface area contributed by atoms with E-state index >= 15 is 0 Å². The van der Waals surface area contributed by atoms with Gasteiger partial charge in [-0.2, -0.15) is 0 Å². The Morgan fingerprint density at radius 3 is 1.21 bits per heavy atom. The number of carboxylic acid groups (broad SMARTS) is 1. The molecular weight excluding hydrogens is 344 g/mol. The highest BCUT2D eigenvalue weighted by molar-refractivity contribution is 5.66. The van der Waals surface area contributed by atoms with Crippen LogP contribution < -0.4 is 0 Å². The van der Waals surface area contributed by atoms with Crippen molar-refractivity contribution in [3.8, 4) is 0 Å². The van der Waals surface area contributed by atoms with E-state index in [-0.39, 0.29) is 0 Å². The fraction of sp³-hybridized carbons (Fsp3) is 0.885. The molecule has 0 aliphatic carbocycles. The summed E-state index contributed by atoms with van der Waals surface area (Å²) in [6, 6.07) is 0. The summed E-state index contributed by atoms with van der Waals surface area (Å²) >= 11 is 0. The van der Waals surface area contributed by atoms with Crippen molar-refractivity contribution in [3.05, 3.63) is 12.2 Å². The molecule has 0 atom stereocenters. The topological polar surface area (TPSA) is 37.3 Å². The molecule has 0 aliphatic heterocycles. The molecule has 0 saturated carbocycles. The first kappa shape index (κ1) is 27.2. The van der Waals surface area contributed by atoms with Crippen molar-refractivity contribution in [2.75, 3.05) is 0 Å². The minimum Gasteiger partial charge on any atom is -0.481 e. The number of hydrogen-bond acceptors (Lipinski definition) is 1. The van der Waals surface area contributed by atoms with Crippen molar-refractivity contribution in [2.45, 2.75) is 148 Å². The number of hydrogen-bond donors (Lipinski definition) is 1. The molecule has 2 heteroatoms. The van der Waals surface area contributed by atoms with E-state index in [0.29, 0.717) is 6.42 Å². The van der Waals surface area contributed by atoms with E-state index in [1.807, 2.05) is 0 Å². The SMILES string of the molecule is CCCCCCCCCCCC=CCCCCCCCCCCCCC(=O)O. The van der Waals surface area contributed by atoms with E-state index in [0.717, 1.165) is 12.8 Å². The van der Waals surface area contributed by atoms with E-state index in [9.17, 15) is 4.79 Å². The Hall–Kier alpha value is -0.790. The van der Waals surface area contributed by atoms with Crippen LogP contribution in [0.3, 0.4) is 0 Å². The molecule has 0 amide bonds. The largest absolute Gasteiger partial charge is 0.481 e. The van der Waals surface area contributed by atoms with Gasteiger partial charge < -0.3 is 5.11 Å². The molecule has 0 heterocycles. The second kappa shape index (κ2) is 24.2. The van der Waals surface area contributed by atoms with E-state index in [4.69, 9.17) is 5.11 Å². The fourth-order valence-corrected chi connectivity index (χ4v) is 3.76. The molecule has 0 unspecified atom stereocenters. The Bertz CT molecular complexity index is 335. The normalized spacial score (nSPS) is 11.5. The molecule has 0 rings (SSSR count). The molecule has 0 saturated heterocycles. The van der Waals surface area contributed by atoms with E-state index in [2.05, 4.69) is 19.1 Å². The van der Waals surface area contributed by atoms with Gasteiger partial charge in [0.15, 0.2) is 0 Å². The summed E-state index contributed by atoms with van der Waals surface area (Å²) in [5, 5.41) is 8.58. The Labute approximate surface area is 176 Å². The molecule has 0 aromatic carbocycles. The molecule has 0 spiro atoms. The lowest BCUT2D eigenvalue weighted by molar-refractivity contribution is -0.137. The lowest BCUT2D eigenvalue weighted by atomic mass is 10.0. The zero-order chi connectivity index (χ0) is 20.5. The third kappa shape index (κ3) is 25.2. The van der Waals surface area contributed by atoms with E-state index < -0.39 is 5.97 Å². The maximum Gasteiger partial charge on any atom is 0.303 e. The Morgan fingerprint density at radius 1 is 0.536 bits per heavy atom. The molecule has 2 nitrogen and oxygen atoms in total. The quantitative estimate of drug-likeness (QED) is 0.138. The first-order valence-electron chi connectivity index (χ1n) is 12.6. The molecule has 0 fully saturated rings. The Balaban J connectivity index is 3.07. The summed E-state index contributed by atoms with van der Waals surface area (Å²) in [5.74, 6) is -0.654. The minimum atomic E-state index is -0.654. The number of carboxylic acids is 1. The van der Waals surface area contributed by atoms with Gasteiger partial charge in [-0.15, -0.1) is 0 Å². The van der Waals surface area contributed by atoms with E-state index in [1.165, 1.54) is 122 Å². The van der Waals surface area contributed by atoms with Crippen LogP contribution in [0.25, 0.3) is 0 Å². The maximum absolute atomic E-state index is 10.4. The average molecular weight is 395 g/mol. The smallest absolute Gasteiger partial charge is 0.303 e. The molecule has 166 valence electrons. The summed E-state index contributed by atoms with van der Waals surface area (Å²) < 4.78 is 0.